The molecule has 4 aromatic rings. The Morgan fingerprint density at radius 2 is 1.77 bits per heavy atom. The maximum atomic E-state index is 10.2. The minimum atomic E-state index is -0.490. The largest absolute Gasteiger partial charge is 0.390 e. The normalized spacial score (nSPS) is 13.0. The first-order chi connectivity index (χ1) is 15.0. The van der Waals surface area contributed by atoms with Gasteiger partial charge >= 0.3 is 0 Å². The molecule has 1 unspecified atom stereocenters. The lowest BCUT2D eigenvalue weighted by atomic mass is 10.1. The molecule has 164 valence electrons. The van der Waals surface area contributed by atoms with Crippen LogP contribution in [0.1, 0.15) is 32.7 Å². The lowest BCUT2D eigenvalue weighted by Gasteiger charge is -2.15. The van der Waals surface area contributed by atoms with Gasteiger partial charge in [0.2, 0.25) is 0 Å². The van der Waals surface area contributed by atoms with Crippen LogP contribution in [0.25, 0.3) is 28.0 Å². The SMILES string of the molecule is CCC(CC)n1cc(-c2nc(-c3cnn(CC(O)CN(C)C)c3)cn3nccc23)cn1. The van der Waals surface area contributed by atoms with Gasteiger partial charge in [-0.1, -0.05) is 13.8 Å². The van der Waals surface area contributed by atoms with Crippen LogP contribution >= 0.6 is 0 Å². The highest BCUT2D eigenvalue weighted by atomic mass is 16.3. The summed E-state index contributed by atoms with van der Waals surface area (Å²) in [6, 6.07) is 2.34. The second-order valence-corrected chi connectivity index (χ2v) is 8.18. The van der Waals surface area contributed by atoms with Crippen molar-refractivity contribution >= 4 is 5.52 Å². The summed E-state index contributed by atoms with van der Waals surface area (Å²) in [5.74, 6) is 0. The molecule has 0 aliphatic carbocycles. The van der Waals surface area contributed by atoms with E-state index in [0.717, 1.165) is 40.9 Å². The molecule has 9 nitrogen and oxygen atoms in total. The number of likely N-dealkylation sites (N-methyl/N-ethyl adjacent to an activating group) is 1. The molecule has 0 saturated carbocycles. The van der Waals surface area contributed by atoms with Crippen molar-refractivity contribution < 1.29 is 5.11 Å². The minimum absolute atomic E-state index is 0.379. The van der Waals surface area contributed by atoms with E-state index in [4.69, 9.17) is 4.98 Å². The number of rotatable bonds is 9. The van der Waals surface area contributed by atoms with E-state index in [2.05, 4.69) is 35.3 Å². The van der Waals surface area contributed by atoms with E-state index < -0.39 is 6.10 Å². The van der Waals surface area contributed by atoms with E-state index in [-0.39, 0.29) is 0 Å². The topological polar surface area (TPSA) is 89.3 Å². The van der Waals surface area contributed by atoms with Crippen molar-refractivity contribution in [2.45, 2.75) is 45.4 Å². The average molecular weight is 423 g/mol. The van der Waals surface area contributed by atoms with Crippen LogP contribution < -0.4 is 0 Å². The summed E-state index contributed by atoms with van der Waals surface area (Å²) >= 11 is 0. The zero-order valence-electron chi connectivity index (χ0n) is 18.5. The number of aliphatic hydroxyl groups excluding tert-OH is 1. The van der Waals surface area contributed by atoms with Crippen LogP contribution in [0.5, 0.6) is 0 Å². The molecule has 4 heterocycles. The first kappa shape index (κ1) is 21.2. The fourth-order valence-electron chi connectivity index (χ4n) is 3.89. The third-order valence-corrected chi connectivity index (χ3v) is 5.48. The highest BCUT2D eigenvalue weighted by molar-refractivity contribution is 5.78. The fourth-order valence-corrected chi connectivity index (χ4v) is 3.89. The Morgan fingerprint density at radius 1 is 1.00 bits per heavy atom. The predicted octanol–water partition coefficient (Wildman–Crippen LogP) is 2.74. The van der Waals surface area contributed by atoms with Gasteiger partial charge in [-0.25, -0.2) is 9.50 Å². The van der Waals surface area contributed by atoms with E-state index in [1.54, 1.807) is 17.1 Å². The Hall–Kier alpha value is -3.04. The number of hydrogen-bond donors (Lipinski definition) is 1. The van der Waals surface area contributed by atoms with Gasteiger partial charge in [-0.3, -0.25) is 9.36 Å². The van der Waals surface area contributed by atoms with Crippen molar-refractivity contribution in [3.63, 3.8) is 0 Å². The Kier molecular flexibility index (Phi) is 6.15. The first-order valence-electron chi connectivity index (χ1n) is 10.7. The highest BCUT2D eigenvalue weighted by Crippen LogP contribution is 2.27. The van der Waals surface area contributed by atoms with Gasteiger partial charge in [0.25, 0.3) is 0 Å². The lowest BCUT2D eigenvalue weighted by Crippen LogP contribution is -2.29. The fraction of sp³-hybridized carbons (Fsp3) is 0.455. The molecule has 0 amide bonds. The van der Waals surface area contributed by atoms with Crippen molar-refractivity contribution in [1.29, 1.82) is 0 Å². The van der Waals surface area contributed by atoms with Gasteiger partial charge in [0.15, 0.2) is 0 Å². The number of hydrogen-bond acceptors (Lipinski definition) is 6. The molecular formula is C22H30N8O. The molecule has 0 aliphatic rings. The quantitative estimate of drug-likeness (QED) is 0.446. The molecule has 0 radical (unpaired) electrons. The zero-order valence-corrected chi connectivity index (χ0v) is 18.5. The van der Waals surface area contributed by atoms with Crippen LogP contribution in [0.2, 0.25) is 0 Å². The molecule has 0 saturated heterocycles. The van der Waals surface area contributed by atoms with Gasteiger partial charge in [-0.15, -0.1) is 0 Å². The molecular weight excluding hydrogens is 392 g/mol. The van der Waals surface area contributed by atoms with Gasteiger partial charge in [0.1, 0.15) is 0 Å². The van der Waals surface area contributed by atoms with Gasteiger partial charge in [-0.2, -0.15) is 15.3 Å². The Labute approximate surface area is 181 Å². The van der Waals surface area contributed by atoms with Crippen molar-refractivity contribution in [2.24, 2.45) is 0 Å². The number of fused-ring (bicyclic) bond motifs is 1. The van der Waals surface area contributed by atoms with E-state index >= 15 is 0 Å². The Morgan fingerprint density at radius 3 is 2.52 bits per heavy atom. The standard InChI is InChI=1S/C22H30N8O/c1-5-18(6-2)29-12-17(10-25-29)22-21-7-8-23-30(21)15-20(26-22)16-9-24-28(11-16)14-19(31)13-27(3)4/h7-12,15,18-19,31H,5-6,13-14H2,1-4H3. The summed E-state index contributed by atoms with van der Waals surface area (Å²) in [6.07, 6.45) is 12.9. The number of aromatic nitrogens is 7. The first-order valence-corrected chi connectivity index (χ1v) is 10.7. The van der Waals surface area contributed by atoms with Crippen molar-refractivity contribution in [1.82, 2.24) is 39.1 Å². The third-order valence-electron chi connectivity index (χ3n) is 5.48. The monoisotopic (exact) mass is 422 g/mol. The Balaban J connectivity index is 1.67. The molecule has 0 bridgehead atoms. The molecule has 1 N–H and O–H groups in total. The second kappa shape index (κ2) is 8.99. The summed E-state index contributed by atoms with van der Waals surface area (Å²) in [7, 11) is 3.88. The maximum Gasteiger partial charge on any atom is 0.0999 e. The van der Waals surface area contributed by atoms with Crippen LogP contribution in [-0.4, -0.2) is 70.9 Å². The second-order valence-electron chi connectivity index (χ2n) is 8.18. The number of aliphatic hydroxyl groups is 1. The molecule has 4 rings (SSSR count). The van der Waals surface area contributed by atoms with Crippen LogP contribution in [0.15, 0.2) is 43.2 Å². The lowest BCUT2D eigenvalue weighted by molar-refractivity contribution is 0.116. The summed E-state index contributed by atoms with van der Waals surface area (Å²) in [4.78, 5) is 6.90. The summed E-state index contributed by atoms with van der Waals surface area (Å²) < 4.78 is 5.62. The molecule has 0 spiro atoms. The van der Waals surface area contributed by atoms with Gasteiger partial charge in [-0.05, 0) is 33.0 Å². The molecule has 0 aliphatic heterocycles. The maximum absolute atomic E-state index is 10.2. The van der Waals surface area contributed by atoms with E-state index in [1.807, 2.05) is 52.8 Å². The van der Waals surface area contributed by atoms with Crippen LogP contribution in [-0.2, 0) is 6.54 Å². The third kappa shape index (κ3) is 4.52. The molecule has 4 aromatic heterocycles. The molecule has 31 heavy (non-hydrogen) atoms. The zero-order chi connectivity index (χ0) is 22.0. The summed E-state index contributed by atoms with van der Waals surface area (Å²) in [6.45, 7) is 5.36. The van der Waals surface area contributed by atoms with E-state index in [1.165, 1.54) is 0 Å². The molecule has 9 heteroatoms. The molecule has 1 atom stereocenters. The Bertz CT molecular complexity index is 1140. The van der Waals surface area contributed by atoms with E-state index in [0.29, 0.717) is 19.1 Å². The molecule has 0 fully saturated rings. The highest BCUT2D eigenvalue weighted by Gasteiger charge is 2.16. The number of nitrogens with zero attached hydrogens (tertiary/aromatic N) is 8. The van der Waals surface area contributed by atoms with Gasteiger partial charge in [0.05, 0.1) is 60.4 Å². The van der Waals surface area contributed by atoms with Crippen molar-refractivity contribution in [2.75, 3.05) is 20.6 Å². The predicted molar refractivity (Wildman–Crippen MR) is 120 cm³/mol. The van der Waals surface area contributed by atoms with Crippen LogP contribution in [0, 0.1) is 0 Å². The van der Waals surface area contributed by atoms with Crippen molar-refractivity contribution in [3.05, 3.63) is 43.2 Å². The van der Waals surface area contributed by atoms with Gasteiger partial charge < -0.3 is 10.0 Å². The smallest absolute Gasteiger partial charge is 0.0999 e. The van der Waals surface area contributed by atoms with Crippen LogP contribution in [0.4, 0.5) is 0 Å². The summed E-state index contributed by atoms with van der Waals surface area (Å²) in [5, 5.41) is 23.6. The summed E-state index contributed by atoms with van der Waals surface area (Å²) in [5.41, 5.74) is 4.39. The average Bonchev–Trinajstić information content (AvgIpc) is 3.48. The van der Waals surface area contributed by atoms with Crippen molar-refractivity contribution in [3.8, 4) is 22.5 Å². The van der Waals surface area contributed by atoms with Crippen LogP contribution in [0.3, 0.4) is 0 Å². The van der Waals surface area contributed by atoms with Gasteiger partial charge in [0, 0.05) is 30.1 Å². The minimum Gasteiger partial charge on any atom is -0.390 e. The van der Waals surface area contributed by atoms with E-state index in [9.17, 15) is 5.11 Å². The molecule has 0 aromatic carbocycles.